The minimum absolute atomic E-state index is 0.00268. The molecule has 0 heterocycles. The Morgan fingerprint density at radius 3 is 1.82 bits per heavy atom. The van der Waals surface area contributed by atoms with Crippen molar-refractivity contribution in [2.24, 2.45) is 0 Å². The van der Waals surface area contributed by atoms with Gasteiger partial charge in [-0.25, -0.2) is 0 Å². The average Bonchev–Trinajstić information content (AvgIpc) is 2.67. The van der Waals surface area contributed by atoms with Gasteiger partial charge in [0, 0.05) is 19.4 Å². The summed E-state index contributed by atoms with van der Waals surface area (Å²) in [5, 5.41) is 11.0. The Hall–Kier alpha value is -1.65. The molecule has 0 aliphatic rings. The van der Waals surface area contributed by atoms with Crippen LogP contribution in [-0.2, 0) is 14.4 Å². The second kappa shape index (κ2) is 20.1. The summed E-state index contributed by atoms with van der Waals surface area (Å²) < 4.78 is 0. The van der Waals surface area contributed by atoms with Gasteiger partial charge in [-0.15, -0.1) is 0 Å². The van der Waals surface area contributed by atoms with Gasteiger partial charge in [0.05, 0.1) is 0 Å². The van der Waals surface area contributed by atoms with E-state index in [0.29, 0.717) is 6.42 Å². The van der Waals surface area contributed by atoms with Crippen LogP contribution in [0.1, 0.15) is 110 Å². The molecule has 0 spiro atoms. The van der Waals surface area contributed by atoms with E-state index in [4.69, 9.17) is 5.11 Å². The number of unbranched alkanes of at least 4 members (excludes halogenated alkanes) is 11. The second-order valence-electron chi connectivity index (χ2n) is 7.51. The summed E-state index contributed by atoms with van der Waals surface area (Å²) in [6, 6.07) is 0. The number of Topliss-reactive ketones (excluding diaryl/α,β-unsaturated/α-hetero) is 1. The molecule has 0 rings (SSSR count). The number of ketones is 1. The third-order valence-corrected chi connectivity index (χ3v) is 4.77. The molecule has 0 aromatic rings. The molecule has 0 aliphatic carbocycles. The molecule has 0 aromatic carbocycles. The minimum atomic E-state index is -0.895. The van der Waals surface area contributed by atoms with Crippen LogP contribution in [0.25, 0.3) is 0 Å². The number of rotatable bonds is 20. The smallest absolute Gasteiger partial charge is 0.303 e. The van der Waals surface area contributed by atoms with E-state index in [0.717, 1.165) is 32.1 Å². The van der Waals surface area contributed by atoms with E-state index in [2.05, 4.69) is 24.4 Å². The van der Waals surface area contributed by atoms with Crippen LogP contribution in [0.2, 0.25) is 0 Å². The summed E-state index contributed by atoms with van der Waals surface area (Å²) in [6.07, 6.45) is 20.8. The maximum atomic E-state index is 11.7. The third kappa shape index (κ3) is 19.1. The number of hydrogen-bond donors (Lipinski definition) is 2. The van der Waals surface area contributed by atoms with Gasteiger partial charge >= 0.3 is 5.97 Å². The van der Waals surface area contributed by atoms with Crippen molar-refractivity contribution in [1.82, 2.24) is 5.32 Å². The van der Waals surface area contributed by atoms with Crippen molar-refractivity contribution in [2.75, 3.05) is 6.54 Å². The van der Waals surface area contributed by atoms with Gasteiger partial charge in [-0.3, -0.25) is 14.4 Å². The van der Waals surface area contributed by atoms with E-state index in [-0.39, 0.29) is 19.4 Å². The van der Waals surface area contributed by atoms with Gasteiger partial charge in [0.1, 0.15) is 0 Å². The predicted octanol–water partition coefficient (Wildman–Crippen LogP) is 5.57. The molecule has 0 radical (unpaired) electrons. The summed E-state index contributed by atoms with van der Waals surface area (Å²) in [5.74, 6) is -1.87. The van der Waals surface area contributed by atoms with Crippen molar-refractivity contribution >= 4 is 17.7 Å². The van der Waals surface area contributed by atoms with Crippen LogP contribution in [0, 0.1) is 0 Å². The van der Waals surface area contributed by atoms with Crippen molar-refractivity contribution in [1.29, 1.82) is 0 Å². The van der Waals surface area contributed by atoms with Crippen LogP contribution in [0.15, 0.2) is 12.2 Å². The lowest BCUT2D eigenvalue weighted by atomic mass is 10.1. The maximum absolute atomic E-state index is 11.7. The zero-order valence-electron chi connectivity index (χ0n) is 17.8. The molecular weight excluding hydrogens is 354 g/mol. The first kappa shape index (κ1) is 26.4. The van der Waals surface area contributed by atoms with E-state index in [1.165, 1.54) is 51.4 Å². The largest absolute Gasteiger partial charge is 0.481 e. The van der Waals surface area contributed by atoms with Crippen LogP contribution in [0.5, 0.6) is 0 Å². The number of allylic oxidation sites excluding steroid dienone is 2. The molecule has 28 heavy (non-hydrogen) atoms. The van der Waals surface area contributed by atoms with Crippen LogP contribution >= 0.6 is 0 Å². The Kier molecular flexibility index (Phi) is 18.9. The highest BCUT2D eigenvalue weighted by atomic mass is 16.4. The van der Waals surface area contributed by atoms with Crippen LogP contribution in [0.4, 0.5) is 0 Å². The number of carbonyl (C=O) groups is 3. The van der Waals surface area contributed by atoms with Gasteiger partial charge in [0.15, 0.2) is 0 Å². The number of hydrogen-bond acceptors (Lipinski definition) is 3. The molecule has 0 fully saturated rings. The van der Waals surface area contributed by atoms with E-state index < -0.39 is 17.7 Å². The minimum Gasteiger partial charge on any atom is -0.481 e. The summed E-state index contributed by atoms with van der Waals surface area (Å²) >= 11 is 0. The molecule has 2 N–H and O–H groups in total. The molecule has 0 atom stereocenters. The van der Waals surface area contributed by atoms with Crippen molar-refractivity contribution < 1.29 is 19.5 Å². The quantitative estimate of drug-likeness (QED) is 0.160. The third-order valence-electron chi connectivity index (χ3n) is 4.77. The average molecular weight is 396 g/mol. The van der Waals surface area contributed by atoms with Gasteiger partial charge in [-0.1, -0.05) is 70.4 Å². The lowest BCUT2D eigenvalue weighted by Gasteiger charge is -2.03. The molecule has 162 valence electrons. The molecule has 0 unspecified atom stereocenters. The molecule has 5 heteroatoms. The number of nitrogens with one attached hydrogen (secondary N) is 1. The monoisotopic (exact) mass is 395 g/mol. The topological polar surface area (TPSA) is 83.5 Å². The highest BCUT2D eigenvalue weighted by Gasteiger charge is 2.12. The normalized spacial score (nSPS) is 11.0. The number of amides is 1. The SMILES string of the molecule is CCCCCCCC/C=C/CCCCCCCC(=O)C(=O)NCCCC(=O)O. The Balaban J connectivity index is 3.37. The molecule has 0 saturated carbocycles. The number of aliphatic carboxylic acids is 1. The molecule has 0 bridgehead atoms. The Morgan fingerprint density at radius 2 is 1.25 bits per heavy atom. The molecule has 0 aromatic heterocycles. The lowest BCUT2D eigenvalue weighted by Crippen LogP contribution is -2.31. The predicted molar refractivity (Wildman–Crippen MR) is 114 cm³/mol. The Labute approximate surface area is 171 Å². The summed E-state index contributed by atoms with van der Waals surface area (Å²) in [5.41, 5.74) is 0. The van der Waals surface area contributed by atoms with E-state index >= 15 is 0 Å². The molecule has 0 aliphatic heterocycles. The standard InChI is InChI=1S/C23H41NO4/c1-2-3-4-5-6-7-8-9-10-11-12-13-14-15-16-18-21(25)23(28)24-20-17-19-22(26)27/h9-10H,2-8,11-20H2,1H3,(H,24,28)(H,26,27)/b10-9+. The molecular formula is C23H41NO4. The van der Waals surface area contributed by atoms with E-state index in [1.807, 2.05) is 0 Å². The number of carboxylic acid groups (broad SMARTS) is 1. The van der Waals surface area contributed by atoms with E-state index in [9.17, 15) is 14.4 Å². The van der Waals surface area contributed by atoms with Gasteiger partial charge in [-0.05, 0) is 38.5 Å². The fourth-order valence-corrected chi connectivity index (χ4v) is 3.01. The Bertz CT molecular complexity index is 446. The van der Waals surface area contributed by atoms with Gasteiger partial charge in [0.2, 0.25) is 5.78 Å². The van der Waals surface area contributed by atoms with Crippen molar-refractivity contribution in [3.63, 3.8) is 0 Å². The maximum Gasteiger partial charge on any atom is 0.303 e. The lowest BCUT2D eigenvalue weighted by molar-refractivity contribution is -0.138. The summed E-state index contributed by atoms with van der Waals surface area (Å²) in [6.45, 7) is 2.49. The highest BCUT2D eigenvalue weighted by molar-refractivity contribution is 6.36. The van der Waals surface area contributed by atoms with Crippen LogP contribution in [0.3, 0.4) is 0 Å². The summed E-state index contributed by atoms with van der Waals surface area (Å²) in [4.78, 5) is 33.6. The first-order valence-electron chi connectivity index (χ1n) is 11.3. The first-order chi connectivity index (χ1) is 13.6. The summed E-state index contributed by atoms with van der Waals surface area (Å²) in [7, 11) is 0. The first-order valence-corrected chi connectivity index (χ1v) is 11.3. The number of carbonyl (C=O) groups excluding carboxylic acids is 2. The molecule has 5 nitrogen and oxygen atoms in total. The zero-order chi connectivity index (χ0) is 20.9. The van der Waals surface area contributed by atoms with Gasteiger partial charge in [0.25, 0.3) is 5.91 Å². The van der Waals surface area contributed by atoms with Crippen molar-refractivity contribution in [3.8, 4) is 0 Å². The van der Waals surface area contributed by atoms with Crippen LogP contribution in [-0.4, -0.2) is 29.3 Å². The van der Waals surface area contributed by atoms with Gasteiger partial charge < -0.3 is 10.4 Å². The highest BCUT2D eigenvalue weighted by Crippen LogP contribution is 2.10. The molecule has 0 saturated heterocycles. The fraction of sp³-hybridized carbons (Fsp3) is 0.783. The van der Waals surface area contributed by atoms with Gasteiger partial charge in [-0.2, -0.15) is 0 Å². The zero-order valence-corrected chi connectivity index (χ0v) is 17.8. The fourth-order valence-electron chi connectivity index (χ4n) is 3.01. The van der Waals surface area contributed by atoms with Crippen molar-refractivity contribution in [2.45, 2.75) is 110 Å². The van der Waals surface area contributed by atoms with Crippen molar-refractivity contribution in [3.05, 3.63) is 12.2 Å². The van der Waals surface area contributed by atoms with E-state index in [1.54, 1.807) is 0 Å². The molecule has 1 amide bonds. The second-order valence-corrected chi connectivity index (χ2v) is 7.51. The number of carboxylic acids is 1. The van der Waals surface area contributed by atoms with Crippen LogP contribution < -0.4 is 5.32 Å². The Morgan fingerprint density at radius 1 is 0.714 bits per heavy atom.